The topological polar surface area (TPSA) is 49.8 Å². The van der Waals surface area contributed by atoms with Crippen LogP contribution in [0.2, 0.25) is 0 Å². The Morgan fingerprint density at radius 2 is 2.09 bits per heavy atom. The summed E-state index contributed by atoms with van der Waals surface area (Å²) in [6.07, 6.45) is 3.75. The maximum atomic E-state index is 12.8. The fraction of sp³-hybridized carbons (Fsp3) is 0.632. The average molecular weight is 317 g/mol. The van der Waals surface area contributed by atoms with E-state index in [0.29, 0.717) is 26.1 Å². The summed E-state index contributed by atoms with van der Waals surface area (Å²) >= 11 is 0. The quantitative estimate of drug-likeness (QED) is 0.926. The number of aryl methyl sites for hydroxylation is 1. The number of carbonyl (C=O) groups excluding carboxylic acids is 1. The molecule has 0 spiro atoms. The summed E-state index contributed by atoms with van der Waals surface area (Å²) in [7, 11) is 0. The van der Waals surface area contributed by atoms with Crippen LogP contribution in [0, 0.1) is 5.92 Å². The van der Waals surface area contributed by atoms with Gasteiger partial charge in [-0.3, -0.25) is 4.79 Å². The minimum absolute atomic E-state index is 0.0663. The molecule has 2 aliphatic rings. The number of aliphatic hydroxyl groups is 1. The van der Waals surface area contributed by atoms with Crippen LogP contribution in [0.15, 0.2) is 24.3 Å². The first-order valence-corrected chi connectivity index (χ1v) is 8.82. The van der Waals surface area contributed by atoms with Crippen molar-refractivity contribution in [2.45, 2.75) is 51.2 Å². The SMILES string of the molecule is CCc1ccccc1CC(=O)N1CCC[C@@H]1[C@H]1COCC[C@H]1O. The maximum absolute atomic E-state index is 12.8. The van der Waals surface area contributed by atoms with Crippen molar-refractivity contribution in [1.82, 2.24) is 4.90 Å². The molecule has 2 fully saturated rings. The number of amides is 1. The minimum Gasteiger partial charge on any atom is -0.393 e. The number of hydrogen-bond donors (Lipinski definition) is 1. The van der Waals surface area contributed by atoms with Crippen LogP contribution in [0.4, 0.5) is 0 Å². The van der Waals surface area contributed by atoms with Crippen LogP contribution < -0.4 is 0 Å². The van der Waals surface area contributed by atoms with Gasteiger partial charge in [-0.25, -0.2) is 0 Å². The Morgan fingerprint density at radius 1 is 1.30 bits per heavy atom. The van der Waals surface area contributed by atoms with Gasteiger partial charge in [0.25, 0.3) is 0 Å². The third-order valence-corrected chi connectivity index (χ3v) is 5.32. The van der Waals surface area contributed by atoms with Crippen LogP contribution in [-0.2, 0) is 22.4 Å². The summed E-state index contributed by atoms with van der Waals surface area (Å²) < 4.78 is 5.55. The van der Waals surface area contributed by atoms with E-state index >= 15 is 0 Å². The molecule has 0 radical (unpaired) electrons. The molecule has 1 amide bonds. The molecule has 23 heavy (non-hydrogen) atoms. The van der Waals surface area contributed by atoms with Crippen LogP contribution in [0.5, 0.6) is 0 Å². The van der Waals surface area contributed by atoms with Crippen molar-refractivity contribution < 1.29 is 14.6 Å². The third kappa shape index (κ3) is 3.59. The van der Waals surface area contributed by atoms with Crippen molar-refractivity contribution in [3.8, 4) is 0 Å². The first-order chi connectivity index (χ1) is 11.2. The molecule has 2 heterocycles. The Hall–Kier alpha value is -1.39. The maximum Gasteiger partial charge on any atom is 0.227 e. The number of hydrogen-bond acceptors (Lipinski definition) is 3. The van der Waals surface area contributed by atoms with Crippen LogP contribution in [0.1, 0.15) is 37.3 Å². The molecule has 0 saturated carbocycles. The molecule has 0 aliphatic carbocycles. The minimum atomic E-state index is -0.343. The predicted octanol–water partition coefficient (Wildman–Crippen LogP) is 2.18. The molecule has 1 N–H and O–H groups in total. The van der Waals surface area contributed by atoms with Crippen LogP contribution in [0.3, 0.4) is 0 Å². The lowest BCUT2D eigenvalue weighted by molar-refractivity contribution is -0.135. The van der Waals surface area contributed by atoms with Gasteiger partial charge in [-0.15, -0.1) is 0 Å². The van der Waals surface area contributed by atoms with E-state index in [1.54, 1.807) is 0 Å². The molecule has 0 aromatic heterocycles. The molecule has 0 unspecified atom stereocenters. The second-order valence-electron chi connectivity index (χ2n) is 6.69. The van der Waals surface area contributed by atoms with Crippen LogP contribution in [-0.4, -0.2) is 47.8 Å². The van der Waals surface area contributed by atoms with E-state index in [9.17, 15) is 9.90 Å². The van der Waals surface area contributed by atoms with Gasteiger partial charge in [0.1, 0.15) is 0 Å². The zero-order valence-corrected chi connectivity index (χ0v) is 13.9. The molecule has 4 nitrogen and oxygen atoms in total. The van der Waals surface area contributed by atoms with E-state index in [0.717, 1.165) is 31.4 Å². The Balaban J connectivity index is 1.70. The van der Waals surface area contributed by atoms with Gasteiger partial charge in [-0.1, -0.05) is 31.2 Å². The standard InChI is InChI=1S/C19H27NO3/c1-2-14-6-3-4-7-15(14)12-19(22)20-10-5-8-17(20)16-13-23-11-9-18(16)21/h3-4,6-7,16-18,21H,2,5,8-13H2,1H3/t16-,17-,18-/m1/s1. The Bertz CT molecular complexity index is 545. The van der Waals surface area contributed by atoms with E-state index < -0.39 is 0 Å². The summed E-state index contributed by atoms with van der Waals surface area (Å²) in [6, 6.07) is 8.32. The zero-order chi connectivity index (χ0) is 16.2. The number of nitrogens with zero attached hydrogens (tertiary/aromatic N) is 1. The van der Waals surface area contributed by atoms with Crippen molar-refractivity contribution >= 4 is 5.91 Å². The van der Waals surface area contributed by atoms with Gasteiger partial charge in [0.05, 0.1) is 19.1 Å². The van der Waals surface area contributed by atoms with Crippen molar-refractivity contribution in [3.63, 3.8) is 0 Å². The van der Waals surface area contributed by atoms with Gasteiger partial charge in [-0.2, -0.15) is 0 Å². The van der Waals surface area contributed by atoms with Gasteiger partial charge in [0.2, 0.25) is 5.91 Å². The van der Waals surface area contributed by atoms with Crippen molar-refractivity contribution in [1.29, 1.82) is 0 Å². The normalized spacial score (nSPS) is 28.1. The van der Waals surface area contributed by atoms with Crippen molar-refractivity contribution in [3.05, 3.63) is 35.4 Å². The molecular weight excluding hydrogens is 290 g/mol. The first kappa shape index (κ1) is 16.5. The fourth-order valence-corrected chi connectivity index (χ4v) is 4.00. The molecule has 3 rings (SSSR count). The van der Waals surface area contributed by atoms with Gasteiger partial charge in [0.15, 0.2) is 0 Å². The fourth-order valence-electron chi connectivity index (χ4n) is 4.00. The van der Waals surface area contributed by atoms with E-state index in [1.807, 2.05) is 17.0 Å². The van der Waals surface area contributed by atoms with Gasteiger partial charge < -0.3 is 14.7 Å². The summed E-state index contributed by atoms with van der Waals surface area (Å²) in [5, 5.41) is 10.3. The van der Waals surface area contributed by atoms with Gasteiger partial charge in [0, 0.05) is 25.1 Å². The van der Waals surface area contributed by atoms with Crippen molar-refractivity contribution in [2.24, 2.45) is 5.92 Å². The molecule has 3 atom stereocenters. The first-order valence-electron chi connectivity index (χ1n) is 8.82. The number of carbonyl (C=O) groups is 1. The molecule has 2 aliphatic heterocycles. The average Bonchev–Trinajstić information content (AvgIpc) is 3.05. The lowest BCUT2D eigenvalue weighted by Crippen LogP contribution is -2.48. The zero-order valence-electron chi connectivity index (χ0n) is 13.9. The largest absolute Gasteiger partial charge is 0.393 e. The summed E-state index contributed by atoms with van der Waals surface area (Å²) in [6.45, 7) is 4.13. The Labute approximate surface area is 138 Å². The van der Waals surface area contributed by atoms with E-state index in [-0.39, 0.29) is 24.0 Å². The number of ether oxygens (including phenoxy) is 1. The van der Waals surface area contributed by atoms with Gasteiger partial charge in [-0.05, 0) is 36.8 Å². The summed E-state index contributed by atoms with van der Waals surface area (Å²) in [5.74, 6) is 0.253. The third-order valence-electron chi connectivity index (χ3n) is 5.32. The van der Waals surface area contributed by atoms with E-state index in [4.69, 9.17) is 4.74 Å². The highest BCUT2D eigenvalue weighted by molar-refractivity contribution is 5.79. The summed E-state index contributed by atoms with van der Waals surface area (Å²) in [4.78, 5) is 14.8. The number of aliphatic hydroxyl groups excluding tert-OH is 1. The molecule has 1 aromatic carbocycles. The molecule has 126 valence electrons. The monoisotopic (exact) mass is 317 g/mol. The molecule has 1 aromatic rings. The smallest absolute Gasteiger partial charge is 0.227 e. The Kier molecular flexibility index (Phi) is 5.34. The highest BCUT2D eigenvalue weighted by atomic mass is 16.5. The molecular formula is C19H27NO3. The molecule has 4 heteroatoms. The van der Waals surface area contributed by atoms with Crippen LogP contribution >= 0.6 is 0 Å². The number of benzene rings is 1. The second-order valence-corrected chi connectivity index (χ2v) is 6.69. The van der Waals surface area contributed by atoms with Gasteiger partial charge >= 0.3 is 0 Å². The number of rotatable bonds is 4. The highest BCUT2D eigenvalue weighted by Gasteiger charge is 2.39. The highest BCUT2D eigenvalue weighted by Crippen LogP contribution is 2.30. The predicted molar refractivity (Wildman–Crippen MR) is 89.2 cm³/mol. The van der Waals surface area contributed by atoms with Crippen molar-refractivity contribution in [2.75, 3.05) is 19.8 Å². The van der Waals surface area contributed by atoms with E-state index in [2.05, 4.69) is 19.1 Å². The van der Waals surface area contributed by atoms with Crippen LogP contribution in [0.25, 0.3) is 0 Å². The lowest BCUT2D eigenvalue weighted by atomic mass is 9.89. The Morgan fingerprint density at radius 3 is 2.83 bits per heavy atom. The molecule has 0 bridgehead atoms. The molecule has 2 saturated heterocycles. The summed E-state index contributed by atoms with van der Waals surface area (Å²) in [5.41, 5.74) is 2.38. The lowest BCUT2D eigenvalue weighted by Gasteiger charge is -2.37. The number of likely N-dealkylation sites (tertiary alicyclic amines) is 1. The second kappa shape index (κ2) is 7.45. The van der Waals surface area contributed by atoms with E-state index in [1.165, 1.54) is 5.56 Å².